The van der Waals surface area contributed by atoms with Crippen molar-refractivity contribution in [2.75, 3.05) is 26.7 Å². The number of aliphatic carboxylic acids is 1. The number of carbonyl (C=O) groups excluding carboxylic acids is 2. The quantitative estimate of drug-likeness (QED) is 0.503. The van der Waals surface area contributed by atoms with Gasteiger partial charge in [-0.3, -0.25) is 9.59 Å². The van der Waals surface area contributed by atoms with E-state index in [1.807, 2.05) is 4.90 Å². The third kappa shape index (κ3) is 6.54. The summed E-state index contributed by atoms with van der Waals surface area (Å²) in [7, 11) is 1.19. The Morgan fingerprint density at radius 3 is 2.50 bits per heavy atom. The second kappa shape index (κ2) is 9.95. The Morgan fingerprint density at radius 2 is 1.93 bits per heavy atom. The van der Waals surface area contributed by atoms with Crippen molar-refractivity contribution in [1.82, 2.24) is 10.2 Å². The van der Waals surface area contributed by atoms with E-state index in [1.54, 1.807) is 18.2 Å². The number of likely N-dealkylation sites (tertiary alicyclic amines) is 1. The molecule has 154 valence electrons. The molecule has 1 aliphatic heterocycles. The molecule has 28 heavy (non-hydrogen) atoms. The van der Waals surface area contributed by atoms with Crippen LogP contribution < -0.4 is 5.32 Å². The van der Waals surface area contributed by atoms with Gasteiger partial charge in [0.15, 0.2) is 5.72 Å². The monoisotopic (exact) mass is 432 g/mol. The van der Waals surface area contributed by atoms with Gasteiger partial charge >= 0.3 is 12.1 Å². The van der Waals surface area contributed by atoms with Crippen LogP contribution in [0.5, 0.6) is 0 Å². The van der Waals surface area contributed by atoms with E-state index in [-0.39, 0.29) is 18.7 Å². The average Bonchev–Trinajstić information content (AvgIpc) is 2.63. The molecule has 1 heterocycles. The van der Waals surface area contributed by atoms with Crippen molar-refractivity contribution in [3.63, 3.8) is 0 Å². The molecular weight excluding hydrogens is 411 g/mol. The third-order valence-corrected chi connectivity index (χ3v) is 5.07. The zero-order chi connectivity index (χ0) is 20.7. The molecule has 1 aliphatic rings. The zero-order valence-corrected chi connectivity index (χ0v) is 16.9. The standard InChI is InChI=1S/C18H22Cl2N2O6/c1-27-17(26)28-18(5-8-22(9-6-18)7-4-16(24)25)21-15(23)10-12-2-3-13(19)11-14(12)20/h2-3,11H,4-10H2,1H3,(H,21,23)(H,24,25). The number of rotatable bonds is 7. The van der Waals surface area contributed by atoms with E-state index in [4.69, 9.17) is 33.0 Å². The SMILES string of the molecule is COC(=O)OC1(NC(=O)Cc2ccc(Cl)cc2Cl)CCN(CCC(=O)O)CC1. The van der Waals surface area contributed by atoms with Gasteiger partial charge in [0.25, 0.3) is 0 Å². The van der Waals surface area contributed by atoms with E-state index in [1.165, 1.54) is 7.11 Å². The van der Waals surface area contributed by atoms with Crippen molar-refractivity contribution < 1.29 is 29.0 Å². The molecule has 0 radical (unpaired) electrons. The second-order valence-corrected chi connectivity index (χ2v) is 7.34. The molecule has 1 saturated heterocycles. The Balaban J connectivity index is 2.03. The molecular formula is C18H22Cl2N2O6. The van der Waals surface area contributed by atoms with E-state index < -0.39 is 17.8 Å². The highest BCUT2D eigenvalue weighted by atomic mass is 35.5. The normalized spacial score (nSPS) is 16.2. The van der Waals surface area contributed by atoms with Crippen LogP contribution in [0.15, 0.2) is 18.2 Å². The van der Waals surface area contributed by atoms with Crippen molar-refractivity contribution in [1.29, 1.82) is 0 Å². The average molecular weight is 433 g/mol. The largest absolute Gasteiger partial charge is 0.510 e. The Hall–Kier alpha value is -2.03. The van der Waals surface area contributed by atoms with Gasteiger partial charge in [-0.05, 0) is 17.7 Å². The number of carboxylic acids is 1. The van der Waals surface area contributed by atoms with Gasteiger partial charge in [-0.2, -0.15) is 0 Å². The molecule has 0 saturated carbocycles. The van der Waals surface area contributed by atoms with E-state index in [0.29, 0.717) is 48.1 Å². The minimum Gasteiger partial charge on any atom is -0.481 e. The molecule has 2 rings (SSSR count). The highest BCUT2D eigenvalue weighted by Crippen LogP contribution is 2.26. The van der Waals surface area contributed by atoms with Crippen molar-refractivity contribution >= 4 is 41.2 Å². The molecule has 1 amide bonds. The van der Waals surface area contributed by atoms with Gasteiger partial charge < -0.3 is 24.8 Å². The van der Waals surface area contributed by atoms with Gasteiger partial charge in [0, 0.05) is 42.5 Å². The van der Waals surface area contributed by atoms with Crippen LogP contribution in [0.2, 0.25) is 10.0 Å². The lowest BCUT2D eigenvalue weighted by molar-refractivity contribution is -0.137. The summed E-state index contributed by atoms with van der Waals surface area (Å²) >= 11 is 12.0. The number of nitrogens with zero attached hydrogens (tertiary/aromatic N) is 1. The zero-order valence-electron chi connectivity index (χ0n) is 15.4. The van der Waals surface area contributed by atoms with Crippen LogP contribution >= 0.6 is 23.2 Å². The first-order chi connectivity index (χ1) is 13.2. The second-order valence-electron chi connectivity index (χ2n) is 6.50. The first-order valence-corrected chi connectivity index (χ1v) is 9.44. The predicted molar refractivity (Wildman–Crippen MR) is 102 cm³/mol. The molecule has 0 bridgehead atoms. The number of hydrogen-bond donors (Lipinski definition) is 2. The summed E-state index contributed by atoms with van der Waals surface area (Å²) in [6, 6.07) is 4.84. The number of benzene rings is 1. The van der Waals surface area contributed by atoms with Crippen molar-refractivity contribution in [2.24, 2.45) is 0 Å². The first kappa shape index (κ1) is 22.3. The molecule has 1 aromatic carbocycles. The van der Waals surface area contributed by atoms with E-state index in [0.717, 1.165) is 0 Å². The molecule has 2 N–H and O–H groups in total. The number of halogens is 2. The van der Waals surface area contributed by atoms with Gasteiger partial charge in [-0.1, -0.05) is 29.3 Å². The number of nitrogens with one attached hydrogen (secondary N) is 1. The Bertz CT molecular complexity index is 735. The van der Waals surface area contributed by atoms with Gasteiger partial charge in [0.2, 0.25) is 5.91 Å². The van der Waals surface area contributed by atoms with Gasteiger partial charge in [0.1, 0.15) is 0 Å². The number of hydrogen-bond acceptors (Lipinski definition) is 6. The third-order valence-electron chi connectivity index (χ3n) is 4.48. The lowest BCUT2D eigenvalue weighted by atomic mass is 9.99. The van der Waals surface area contributed by atoms with Crippen molar-refractivity contribution in [3.05, 3.63) is 33.8 Å². The van der Waals surface area contributed by atoms with E-state index in [9.17, 15) is 14.4 Å². The smallest absolute Gasteiger partial charge is 0.481 e. The van der Waals surface area contributed by atoms with Crippen LogP contribution in [0.3, 0.4) is 0 Å². The maximum atomic E-state index is 12.6. The van der Waals surface area contributed by atoms with Crippen LogP contribution in [0, 0.1) is 0 Å². The number of ether oxygens (including phenoxy) is 2. The van der Waals surface area contributed by atoms with Crippen LogP contribution in [-0.4, -0.2) is 60.5 Å². The maximum Gasteiger partial charge on any atom is 0.510 e. The lowest BCUT2D eigenvalue weighted by Gasteiger charge is -2.40. The van der Waals surface area contributed by atoms with Crippen molar-refractivity contribution in [2.45, 2.75) is 31.4 Å². The van der Waals surface area contributed by atoms with Crippen LogP contribution in [-0.2, 0) is 25.5 Å². The van der Waals surface area contributed by atoms with Crippen LogP contribution in [0.4, 0.5) is 4.79 Å². The molecule has 0 unspecified atom stereocenters. The summed E-state index contributed by atoms with van der Waals surface area (Å²) in [6.07, 6.45) is -0.273. The van der Waals surface area contributed by atoms with Gasteiger partial charge in [-0.15, -0.1) is 0 Å². The minimum atomic E-state index is -1.22. The number of amides is 1. The number of methoxy groups -OCH3 is 1. The number of carboxylic acid groups (broad SMARTS) is 1. The van der Waals surface area contributed by atoms with Gasteiger partial charge in [0.05, 0.1) is 20.0 Å². The fourth-order valence-corrected chi connectivity index (χ4v) is 3.46. The summed E-state index contributed by atoms with van der Waals surface area (Å²) in [5.74, 6) is -1.25. The Kier molecular flexibility index (Phi) is 7.91. The maximum absolute atomic E-state index is 12.6. The van der Waals surface area contributed by atoms with Gasteiger partial charge in [-0.25, -0.2) is 4.79 Å². The van der Waals surface area contributed by atoms with Crippen LogP contribution in [0.25, 0.3) is 0 Å². The molecule has 10 heteroatoms. The molecule has 0 aromatic heterocycles. The Labute approximate surface area is 172 Å². The highest BCUT2D eigenvalue weighted by molar-refractivity contribution is 6.35. The summed E-state index contributed by atoms with van der Waals surface area (Å²) in [5, 5.41) is 12.4. The van der Waals surface area contributed by atoms with E-state index >= 15 is 0 Å². The summed E-state index contributed by atoms with van der Waals surface area (Å²) < 4.78 is 9.95. The fourth-order valence-electron chi connectivity index (χ4n) is 2.98. The summed E-state index contributed by atoms with van der Waals surface area (Å²) in [5.41, 5.74) is -0.626. The first-order valence-electron chi connectivity index (χ1n) is 8.69. The molecule has 0 atom stereocenters. The summed E-state index contributed by atoms with van der Waals surface area (Å²) in [4.78, 5) is 36.9. The van der Waals surface area contributed by atoms with Crippen molar-refractivity contribution in [3.8, 4) is 0 Å². The number of piperidine rings is 1. The fraction of sp³-hybridized carbons (Fsp3) is 0.500. The molecule has 1 fully saturated rings. The predicted octanol–water partition coefficient (Wildman–Crippen LogP) is 2.70. The van der Waals surface area contributed by atoms with Crippen LogP contribution in [0.1, 0.15) is 24.8 Å². The van der Waals surface area contributed by atoms with E-state index in [2.05, 4.69) is 10.1 Å². The molecule has 0 aliphatic carbocycles. The molecule has 0 spiro atoms. The minimum absolute atomic E-state index is 0.00892. The molecule has 8 nitrogen and oxygen atoms in total. The highest BCUT2D eigenvalue weighted by Gasteiger charge is 2.40. The lowest BCUT2D eigenvalue weighted by Crippen LogP contribution is -2.58. The topological polar surface area (TPSA) is 105 Å². The number of carbonyl (C=O) groups is 3. The molecule has 1 aromatic rings. The Morgan fingerprint density at radius 1 is 1.25 bits per heavy atom. The summed E-state index contributed by atoms with van der Waals surface area (Å²) in [6.45, 7) is 1.32.